The summed E-state index contributed by atoms with van der Waals surface area (Å²) in [5, 5.41) is 0. The van der Waals surface area contributed by atoms with E-state index in [4.69, 9.17) is 9.47 Å². The number of hydrogen-bond donors (Lipinski definition) is 0. The van der Waals surface area contributed by atoms with Gasteiger partial charge in [-0.1, -0.05) is 48.5 Å². The zero-order valence-electron chi connectivity index (χ0n) is 18.4. The molecule has 2 amide bonds. The van der Waals surface area contributed by atoms with Crippen LogP contribution in [0.1, 0.15) is 36.3 Å². The summed E-state index contributed by atoms with van der Waals surface area (Å²) in [6.45, 7) is -0.415. The Labute approximate surface area is 195 Å². The Balaban J connectivity index is 1.24. The monoisotopic (exact) mass is 470 g/mol. The van der Waals surface area contributed by atoms with Gasteiger partial charge in [0.25, 0.3) is 5.92 Å². The zero-order chi connectivity index (χ0) is 23.9. The fourth-order valence-electron chi connectivity index (χ4n) is 4.87. The van der Waals surface area contributed by atoms with Crippen molar-refractivity contribution in [3.05, 3.63) is 59.7 Å². The quantitative estimate of drug-likeness (QED) is 0.636. The maximum Gasteiger partial charge on any atom is 0.413 e. The number of rotatable bonds is 4. The van der Waals surface area contributed by atoms with Crippen LogP contribution >= 0.6 is 0 Å². The number of hydrogen-bond acceptors (Lipinski definition) is 5. The minimum atomic E-state index is -2.78. The summed E-state index contributed by atoms with van der Waals surface area (Å²) in [5.74, 6) is -4.10. The molecule has 0 radical (unpaired) electrons. The number of likely N-dealkylation sites (tertiary alicyclic amines) is 1. The smallest absolute Gasteiger partial charge is 0.413 e. The molecular formula is C25H24F2N2O5. The molecule has 1 atom stereocenters. The summed E-state index contributed by atoms with van der Waals surface area (Å²) in [6.07, 6.45) is -1.90. The number of alkyl halides is 2. The van der Waals surface area contributed by atoms with E-state index >= 15 is 0 Å². The number of ether oxygens (including phenoxy) is 2. The minimum Gasteiger partial charge on any atom is -0.448 e. The number of benzene rings is 2. The van der Waals surface area contributed by atoms with Crippen LogP contribution in [0.2, 0.25) is 0 Å². The molecule has 2 fully saturated rings. The number of halogens is 2. The van der Waals surface area contributed by atoms with Gasteiger partial charge < -0.3 is 14.4 Å². The Bertz CT molecular complexity index is 1080. The second kappa shape index (κ2) is 8.70. The first-order chi connectivity index (χ1) is 16.3. The van der Waals surface area contributed by atoms with Crippen LogP contribution < -0.4 is 0 Å². The molecule has 2 aromatic rings. The van der Waals surface area contributed by atoms with Gasteiger partial charge in [0.15, 0.2) is 6.73 Å². The van der Waals surface area contributed by atoms with Crippen molar-refractivity contribution in [2.45, 2.75) is 37.1 Å². The Morgan fingerprint density at radius 3 is 2.21 bits per heavy atom. The molecular weight excluding hydrogens is 446 g/mol. The van der Waals surface area contributed by atoms with Crippen molar-refractivity contribution in [3.8, 4) is 11.1 Å². The second-order valence-corrected chi connectivity index (χ2v) is 8.82. The molecule has 3 aliphatic rings. The highest BCUT2D eigenvalue weighted by molar-refractivity contribution is 5.89. The predicted octanol–water partition coefficient (Wildman–Crippen LogP) is 3.77. The number of esters is 1. The van der Waals surface area contributed by atoms with Crippen LogP contribution in [0, 0.1) is 0 Å². The largest absolute Gasteiger partial charge is 0.448 e. The highest BCUT2D eigenvalue weighted by Crippen LogP contribution is 2.44. The molecule has 7 nitrogen and oxygen atoms in total. The highest BCUT2D eigenvalue weighted by Gasteiger charge is 2.43. The molecule has 1 aliphatic carbocycles. The van der Waals surface area contributed by atoms with Crippen LogP contribution in [-0.2, 0) is 19.1 Å². The van der Waals surface area contributed by atoms with Gasteiger partial charge in [-0.2, -0.15) is 0 Å². The van der Waals surface area contributed by atoms with E-state index in [-0.39, 0.29) is 38.8 Å². The van der Waals surface area contributed by atoms with Crippen LogP contribution in [0.4, 0.5) is 13.6 Å². The van der Waals surface area contributed by atoms with Crippen molar-refractivity contribution in [2.24, 2.45) is 0 Å². The van der Waals surface area contributed by atoms with Crippen LogP contribution in [0.25, 0.3) is 11.1 Å². The van der Waals surface area contributed by atoms with E-state index < -0.39 is 42.8 Å². The molecule has 0 bridgehead atoms. The SMILES string of the molecule is O=C1OCN(C(=O)OCC2c3ccccc3-c3ccccc32)[C@H]1CC(=O)N1CCC(F)(F)CC1. The molecule has 0 N–H and O–H groups in total. The van der Waals surface area contributed by atoms with Crippen LogP contribution in [0.3, 0.4) is 0 Å². The maximum atomic E-state index is 13.4. The highest BCUT2D eigenvalue weighted by atomic mass is 19.3. The molecule has 178 valence electrons. The molecule has 2 saturated heterocycles. The van der Waals surface area contributed by atoms with Crippen molar-refractivity contribution >= 4 is 18.0 Å². The molecule has 2 aromatic carbocycles. The maximum absolute atomic E-state index is 13.4. The molecule has 9 heteroatoms. The van der Waals surface area contributed by atoms with Crippen molar-refractivity contribution in [2.75, 3.05) is 26.4 Å². The predicted molar refractivity (Wildman–Crippen MR) is 117 cm³/mol. The van der Waals surface area contributed by atoms with Crippen LogP contribution in [-0.4, -0.2) is 66.2 Å². The number of cyclic esters (lactones) is 1. The van der Waals surface area contributed by atoms with Crippen LogP contribution in [0.5, 0.6) is 0 Å². The minimum absolute atomic E-state index is 0.0689. The van der Waals surface area contributed by atoms with Gasteiger partial charge in [-0.05, 0) is 22.3 Å². The summed E-state index contributed by atoms with van der Waals surface area (Å²) in [4.78, 5) is 40.1. The van der Waals surface area contributed by atoms with Crippen molar-refractivity contribution in [3.63, 3.8) is 0 Å². The first-order valence-electron chi connectivity index (χ1n) is 11.3. The third-order valence-electron chi connectivity index (χ3n) is 6.78. The average Bonchev–Trinajstić information content (AvgIpc) is 3.35. The van der Waals surface area contributed by atoms with E-state index in [1.54, 1.807) is 0 Å². The molecule has 0 aromatic heterocycles. The fourth-order valence-corrected chi connectivity index (χ4v) is 4.87. The van der Waals surface area contributed by atoms with Gasteiger partial charge in [-0.25, -0.2) is 18.4 Å². The lowest BCUT2D eigenvalue weighted by molar-refractivity contribution is -0.144. The van der Waals surface area contributed by atoms with Gasteiger partial charge in [0, 0.05) is 31.8 Å². The van der Waals surface area contributed by atoms with Gasteiger partial charge in [-0.3, -0.25) is 9.69 Å². The standard InChI is InChI=1S/C25H24F2N2O5/c26-25(27)9-11-28(12-10-25)22(30)13-21-23(31)34-15-29(21)24(32)33-14-20-18-7-3-1-5-16(18)17-6-2-4-8-19(17)20/h1-8,20-21H,9-15H2/t21-/m0/s1. The van der Waals surface area contributed by atoms with Crippen LogP contribution in [0.15, 0.2) is 48.5 Å². The lowest BCUT2D eigenvalue weighted by Crippen LogP contribution is -2.46. The van der Waals surface area contributed by atoms with E-state index in [0.717, 1.165) is 27.2 Å². The summed E-state index contributed by atoms with van der Waals surface area (Å²) in [6, 6.07) is 14.7. The third kappa shape index (κ3) is 4.10. The number of piperidine rings is 1. The van der Waals surface area contributed by atoms with Gasteiger partial charge in [0.2, 0.25) is 5.91 Å². The van der Waals surface area contributed by atoms with Gasteiger partial charge >= 0.3 is 12.1 Å². The topological polar surface area (TPSA) is 76.1 Å². The Kier molecular flexibility index (Phi) is 5.71. The summed E-state index contributed by atoms with van der Waals surface area (Å²) in [7, 11) is 0. The van der Waals surface area contributed by atoms with E-state index in [1.165, 1.54) is 4.90 Å². The summed E-state index contributed by atoms with van der Waals surface area (Å²) < 4.78 is 37.4. The molecule has 0 saturated carbocycles. The first-order valence-corrected chi connectivity index (χ1v) is 11.3. The Morgan fingerprint density at radius 1 is 1.00 bits per heavy atom. The van der Waals surface area contributed by atoms with E-state index in [1.807, 2.05) is 48.5 Å². The lowest BCUT2D eigenvalue weighted by Gasteiger charge is -2.32. The Hall–Kier alpha value is -3.49. The number of fused-ring (bicyclic) bond motifs is 3. The molecule has 5 rings (SSSR count). The van der Waals surface area contributed by atoms with Gasteiger partial charge in [-0.15, -0.1) is 0 Å². The van der Waals surface area contributed by atoms with Gasteiger partial charge in [0.05, 0.1) is 6.42 Å². The lowest BCUT2D eigenvalue weighted by atomic mass is 9.98. The number of carbonyl (C=O) groups is 3. The molecule has 0 unspecified atom stereocenters. The first kappa shape index (κ1) is 22.3. The molecule has 2 aliphatic heterocycles. The average molecular weight is 470 g/mol. The van der Waals surface area contributed by atoms with Crippen molar-refractivity contribution in [1.82, 2.24) is 9.80 Å². The van der Waals surface area contributed by atoms with Gasteiger partial charge in [0.1, 0.15) is 12.6 Å². The summed E-state index contributed by atoms with van der Waals surface area (Å²) in [5.41, 5.74) is 4.29. The molecule has 2 heterocycles. The second-order valence-electron chi connectivity index (χ2n) is 8.82. The summed E-state index contributed by atoms with van der Waals surface area (Å²) >= 11 is 0. The fraction of sp³-hybridized carbons (Fsp3) is 0.400. The normalized spacial score (nSPS) is 21.1. The Morgan fingerprint density at radius 2 is 1.59 bits per heavy atom. The zero-order valence-corrected chi connectivity index (χ0v) is 18.4. The van der Waals surface area contributed by atoms with Crippen molar-refractivity contribution in [1.29, 1.82) is 0 Å². The number of nitrogens with zero attached hydrogens (tertiary/aromatic N) is 2. The molecule has 0 spiro atoms. The third-order valence-corrected chi connectivity index (χ3v) is 6.78. The number of amides is 2. The van der Waals surface area contributed by atoms with Crippen molar-refractivity contribution < 1.29 is 32.6 Å². The molecule has 34 heavy (non-hydrogen) atoms. The van der Waals surface area contributed by atoms with E-state index in [2.05, 4.69) is 0 Å². The van der Waals surface area contributed by atoms with E-state index in [9.17, 15) is 23.2 Å². The van der Waals surface area contributed by atoms with E-state index in [0.29, 0.717) is 0 Å². The number of carbonyl (C=O) groups excluding carboxylic acids is 3.